The van der Waals surface area contributed by atoms with E-state index in [9.17, 15) is 9.90 Å². The predicted octanol–water partition coefficient (Wildman–Crippen LogP) is 0.768. The van der Waals surface area contributed by atoms with Crippen molar-refractivity contribution in [3.05, 3.63) is 42.6 Å². The van der Waals surface area contributed by atoms with Crippen LogP contribution in [0.25, 0.3) is 5.82 Å². The number of imidazole rings is 1. The molecule has 6 nitrogen and oxygen atoms in total. The van der Waals surface area contributed by atoms with E-state index < -0.39 is 0 Å². The summed E-state index contributed by atoms with van der Waals surface area (Å²) >= 11 is 0. The first-order valence-electron chi connectivity index (χ1n) is 6.63. The van der Waals surface area contributed by atoms with Gasteiger partial charge in [-0.2, -0.15) is 0 Å². The number of pyridine rings is 1. The maximum Gasteiger partial charge on any atom is 0.252 e. The molecule has 3 rings (SSSR count). The lowest BCUT2D eigenvalue weighted by atomic mass is 9.82. The molecule has 104 valence electrons. The monoisotopic (exact) mass is 272 g/mol. The highest BCUT2D eigenvalue weighted by molar-refractivity contribution is 5.93. The standard InChI is InChI=1S/C14H16N4O2/c19-12-5-10(6-12)7-17-14(20)11-1-2-13(16-8-11)18-4-3-15-9-18/h1-4,8-10,12,19H,5-7H2,(H,17,20). The zero-order valence-electron chi connectivity index (χ0n) is 10.9. The molecule has 20 heavy (non-hydrogen) atoms. The Labute approximate surface area is 116 Å². The number of aliphatic hydroxyl groups is 1. The number of carbonyl (C=O) groups excluding carboxylic acids is 1. The Morgan fingerprint density at radius 3 is 2.90 bits per heavy atom. The quantitative estimate of drug-likeness (QED) is 0.861. The summed E-state index contributed by atoms with van der Waals surface area (Å²) in [6, 6.07) is 3.52. The molecular formula is C14H16N4O2. The predicted molar refractivity (Wildman–Crippen MR) is 72.4 cm³/mol. The molecule has 0 saturated heterocycles. The van der Waals surface area contributed by atoms with Gasteiger partial charge in [-0.25, -0.2) is 9.97 Å². The van der Waals surface area contributed by atoms with Crippen LogP contribution in [0.4, 0.5) is 0 Å². The van der Waals surface area contributed by atoms with Crippen molar-refractivity contribution in [2.75, 3.05) is 6.54 Å². The molecule has 1 aliphatic carbocycles. The van der Waals surface area contributed by atoms with Gasteiger partial charge in [0.25, 0.3) is 5.91 Å². The molecule has 6 heteroatoms. The van der Waals surface area contributed by atoms with Crippen LogP contribution in [0.2, 0.25) is 0 Å². The summed E-state index contributed by atoms with van der Waals surface area (Å²) in [5, 5.41) is 12.1. The van der Waals surface area contributed by atoms with Crippen LogP contribution in [0, 0.1) is 5.92 Å². The third-order valence-electron chi connectivity index (χ3n) is 3.54. The topological polar surface area (TPSA) is 80.0 Å². The van der Waals surface area contributed by atoms with Gasteiger partial charge in [0.1, 0.15) is 12.1 Å². The van der Waals surface area contributed by atoms with E-state index in [-0.39, 0.29) is 12.0 Å². The van der Waals surface area contributed by atoms with E-state index in [1.54, 1.807) is 41.6 Å². The van der Waals surface area contributed by atoms with E-state index in [0.717, 1.165) is 18.7 Å². The number of hydrogen-bond donors (Lipinski definition) is 2. The zero-order chi connectivity index (χ0) is 13.9. The van der Waals surface area contributed by atoms with Crippen LogP contribution in [0.5, 0.6) is 0 Å². The SMILES string of the molecule is O=C(NCC1CC(O)C1)c1ccc(-n2ccnc2)nc1. The van der Waals surface area contributed by atoms with Crippen molar-refractivity contribution in [1.82, 2.24) is 19.9 Å². The van der Waals surface area contributed by atoms with E-state index in [0.29, 0.717) is 18.0 Å². The summed E-state index contributed by atoms with van der Waals surface area (Å²) in [5.74, 6) is 0.990. The molecule has 2 aromatic rings. The molecular weight excluding hydrogens is 256 g/mol. The van der Waals surface area contributed by atoms with Crippen LogP contribution in [0.3, 0.4) is 0 Å². The van der Waals surface area contributed by atoms with Crippen molar-refractivity contribution in [2.24, 2.45) is 5.92 Å². The summed E-state index contributed by atoms with van der Waals surface area (Å²) in [5.41, 5.74) is 0.536. The van der Waals surface area contributed by atoms with Crippen LogP contribution in [0.15, 0.2) is 37.1 Å². The molecule has 1 fully saturated rings. The van der Waals surface area contributed by atoms with Crippen LogP contribution < -0.4 is 5.32 Å². The first kappa shape index (κ1) is 12.8. The second kappa shape index (κ2) is 5.42. The van der Waals surface area contributed by atoms with Crippen molar-refractivity contribution < 1.29 is 9.90 Å². The van der Waals surface area contributed by atoms with Gasteiger partial charge >= 0.3 is 0 Å². The van der Waals surface area contributed by atoms with E-state index >= 15 is 0 Å². The molecule has 0 radical (unpaired) electrons. The molecule has 2 N–H and O–H groups in total. The number of aliphatic hydroxyl groups excluding tert-OH is 1. The maximum absolute atomic E-state index is 11.9. The van der Waals surface area contributed by atoms with Gasteiger partial charge in [-0.15, -0.1) is 0 Å². The highest BCUT2D eigenvalue weighted by Crippen LogP contribution is 2.26. The van der Waals surface area contributed by atoms with Crippen LogP contribution in [-0.2, 0) is 0 Å². The smallest absolute Gasteiger partial charge is 0.252 e. The normalized spacial score (nSPS) is 21.2. The fourth-order valence-electron chi connectivity index (χ4n) is 2.27. The van der Waals surface area contributed by atoms with E-state index in [2.05, 4.69) is 15.3 Å². The van der Waals surface area contributed by atoms with Crippen molar-refractivity contribution in [3.8, 4) is 5.82 Å². The van der Waals surface area contributed by atoms with Gasteiger partial charge < -0.3 is 10.4 Å². The average molecular weight is 272 g/mol. The molecule has 1 saturated carbocycles. The van der Waals surface area contributed by atoms with Gasteiger partial charge in [-0.05, 0) is 30.9 Å². The lowest BCUT2D eigenvalue weighted by Crippen LogP contribution is -2.38. The molecule has 2 aromatic heterocycles. The Balaban J connectivity index is 1.58. The van der Waals surface area contributed by atoms with Gasteiger partial charge in [0.2, 0.25) is 0 Å². The third kappa shape index (κ3) is 2.70. The van der Waals surface area contributed by atoms with Crippen molar-refractivity contribution in [1.29, 1.82) is 0 Å². The number of carbonyl (C=O) groups is 1. The Kier molecular flexibility index (Phi) is 3.47. The fourth-order valence-corrected chi connectivity index (χ4v) is 2.27. The van der Waals surface area contributed by atoms with Gasteiger partial charge in [0.05, 0.1) is 11.7 Å². The summed E-state index contributed by atoms with van der Waals surface area (Å²) < 4.78 is 1.78. The number of nitrogens with zero attached hydrogens (tertiary/aromatic N) is 3. The number of aromatic nitrogens is 3. The lowest BCUT2D eigenvalue weighted by Gasteiger charge is -2.31. The van der Waals surface area contributed by atoms with Crippen molar-refractivity contribution in [3.63, 3.8) is 0 Å². The second-order valence-electron chi connectivity index (χ2n) is 5.08. The fraction of sp³-hybridized carbons (Fsp3) is 0.357. The van der Waals surface area contributed by atoms with Gasteiger partial charge in [-0.3, -0.25) is 9.36 Å². The average Bonchev–Trinajstić information content (AvgIpc) is 2.96. The minimum Gasteiger partial charge on any atom is -0.393 e. The number of nitrogens with one attached hydrogen (secondary N) is 1. The van der Waals surface area contributed by atoms with Gasteiger partial charge in [0, 0.05) is 25.1 Å². The molecule has 0 unspecified atom stereocenters. The Hall–Kier alpha value is -2.21. The van der Waals surface area contributed by atoms with Gasteiger partial charge in [-0.1, -0.05) is 0 Å². The van der Waals surface area contributed by atoms with Crippen molar-refractivity contribution in [2.45, 2.75) is 18.9 Å². The largest absolute Gasteiger partial charge is 0.393 e. The van der Waals surface area contributed by atoms with Crippen LogP contribution in [-0.4, -0.2) is 38.2 Å². The Morgan fingerprint density at radius 2 is 2.30 bits per heavy atom. The van der Waals surface area contributed by atoms with Crippen LogP contribution >= 0.6 is 0 Å². The molecule has 0 aromatic carbocycles. The van der Waals surface area contributed by atoms with Crippen molar-refractivity contribution >= 4 is 5.91 Å². The first-order valence-corrected chi connectivity index (χ1v) is 6.63. The molecule has 0 atom stereocenters. The van der Waals surface area contributed by atoms with E-state index in [1.165, 1.54) is 0 Å². The first-order chi connectivity index (χ1) is 9.72. The summed E-state index contributed by atoms with van der Waals surface area (Å²) in [6.45, 7) is 0.610. The molecule has 0 bridgehead atoms. The highest BCUT2D eigenvalue weighted by Gasteiger charge is 2.27. The summed E-state index contributed by atoms with van der Waals surface area (Å²) in [4.78, 5) is 20.1. The molecule has 0 spiro atoms. The second-order valence-corrected chi connectivity index (χ2v) is 5.08. The van der Waals surface area contributed by atoms with Gasteiger partial charge in [0.15, 0.2) is 0 Å². The number of rotatable bonds is 4. The lowest BCUT2D eigenvalue weighted by molar-refractivity contribution is 0.0420. The molecule has 1 amide bonds. The highest BCUT2D eigenvalue weighted by atomic mass is 16.3. The van der Waals surface area contributed by atoms with Crippen LogP contribution in [0.1, 0.15) is 23.2 Å². The minimum atomic E-state index is -0.187. The zero-order valence-corrected chi connectivity index (χ0v) is 10.9. The number of amides is 1. The minimum absolute atomic E-state index is 0.129. The van der Waals surface area contributed by atoms with E-state index in [1.807, 2.05) is 0 Å². The Bertz CT molecular complexity index is 574. The van der Waals surface area contributed by atoms with E-state index in [4.69, 9.17) is 0 Å². The maximum atomic E-state index is 11.9. The molecule has 1 aliphatic rings. The number of hydrogen-bond acceptors (Lipinski definition) is 4. The molecule has 0 aliphatic heterocycles. The third-order valence-corrected chi connectivity index (χ3v) is 3.54. The summed E-state index contributed by atoms with van der Waals surface area (Å²) in [7, 11) is 0. The Morgan fingerprint density at radius 1 is 1.45 bits per heavy atom. The molecule has 2 heterocycles. The summed E-state index contributed by atoms with van der Waals surface area (Å²) in [6.07, 6.45) is 8.05.